The van der Waals surface area contributed by atoms with Gasteiger partial charge in [-0.3, -0.25) is 0 Å². The van der Waals surface area contributed by atoms with Crippen molar-refractivity contribution < 1.29 is 4.42 Å². The Balaban J connectivity index is 1.07. The van der Waals surface area contributed by atoms with E-state index in [2.05, 4.69) is 175 Å². The highest BCUT2D eigenvalue weighted by Crippen LogP contribution is 2.42. The molecule has 0 atom stereocenters. The van der Waals surface area contributed by atoms with Gasteiger partial charge in [-0.1, -0.05) is 194 Å². The second-order valence-electron chi connectivity index (χ2n) is 14.5. The maximum Gasteiger partial charge on any atom is 0.169 e. The number of amidine groups is 2. The molecule has 0 unspecified atom stereocenters. The third-order valence-corrected chi connectivity index (χ3v) is 10.8. The van der Waals surface area contributed by atoms with E-state index in [0.29, 0.717) is 0 Å². The number of aliphatic imine (C=N–C) groups is 2. The van der Waals surface area contributed by atoms with Gasteiger partial charge in [-0.25, -0.2) is 9.98 Å². The molecule has 1 N–H and O–H groups in total. The Labute approximate surface area is 338 Å². The summed E-state index contributed by atoms with van der Waals surface area (Å²) in [7, 11) is 0. The Morgan fingerprint density at radius 3 is 1.76 bits per heavy atom. The standard InChI is InChI=1S/C54H39N3O/c1-5-16-38(17-6-1)39-31-28-37(29-32-39)30-33-45(40-18-7-2-8-19-40)47-35-34-46(51-50(47)48-26-13-14-27-49(48)58-51)43-24-15-25-44(36-43)54-56-52(41-20-9-3-10-21-41)55-53(57-54)42-22-11-4-12-23-42/h1-29,31-36,54H,30H2,(H,55,56,57)/b45-33+. The van der Waals surface area contributed by atoms with Crippen molar-refractivity contribution in [3.63, 3.8) is 0 Å². The zero-order chi connectivity index (χ0) is 38.7. The van der Waals surface area contributed by atoms with Crippen LogP contribution in [0, 0.1) is 0 Å². The normalized spacial score (nSPS) is 13.3. The van der Waals surface area contributed by atoms with Gasteiger partial charge in [-0.15, -0.1) is 0 Å². The van der Waals surface area contributed by atoms with Crippen molar-refractivity contribution in [1.29, 1.82) is 0 Å². The van der Waals surface area contributed by atoms with Crippen molar-refractivity contribution in [2.24, 2.45) is 9.98 Å². The zero-order valence-corrected chi connectivity index (χ0v) is 31.8. The number of hydrogen-bond acceptors (Lipinski definition) is 4. The summed E-state index contributed by atoms with van der Waals surface area (Å²) in [6.07, 6.45) is 2.71. The van der Waals surface area contributed by atoms with Gasteiger partial charge in [0, 0.05) is 27.5 Å². The van der Waals surface area contributed by atoms with Crippen LogP contribution in [0.1, 0.15) is 39.5 Å². The smallest absolute Gasteiger partial charge is 0.169 e. The molecule has 0 amide bonds. The fraction of sp³-hybridized carbons (Fsp3) is 0.0370. The second kappa shape index (κ2) is 15.5. The van der Waals surface area contributed by atoms with Gasteiger partial charge >= 0.3 is 0 Å². The lowest BCUT2D eigenvalue weighted by Gasteiger charge is -2.22. The summed E-state index contributed by atoms with van der Waals surface area (Å²) in [5.74, 6) is 1.59. The molecule has 1 aromatic heterocycles. The van der Waals surface area contributed by atoms with Crippen molar-refractivity contribution in [3.8, 4) is 22.3 Å². The molecule has 276 valence electrons. The van der Waals surface area contributed by atoms with Gasteiger partial charge in [0.1, 0.15) is 22.8 Å². The predicted molar refractivity (Wildman–Crippen MR) is 240 cm³/mol. The maximum absolute atomic E-state index is 6.83. The summed E-state index contributed by atoms with van der Waals surface area (Å²) in [6, 6.07) is 72.1. The maximum atomic E-state index is 6.83. The van der Waals surface area contributed by atoms with E-state index >= 15 is 0 Å². The molecule has 1 aliphatic heterocycles. The van der Waals surface area contributed by atoms with Crippen LogP contribution in [0.2, 0.25) is 0 Å². The number of benzene rings is 8. The fourth-order valence-electron chi connectivity index (χ4n) is 7.92. The first-order chi connectivity index (χ1) is 28.7. The van der Waals surface area contributed by atoms with Crippen LogP contribution in [0.5, 0.6) is 0 Å². The summed E-state index contributed by atoms with van der Waals surface area (Å²) in [5, 5.41) is 5.70. The number of nitrogens with one attached hydrogen (secondary N) is 1. The van der Waals surface area contributed by atoms with Crippen LogP contribution < -0.4 is 5.32 Å². The molecule has 0 bridgehead atoms. The molecule has 9 aromatic rings. The minimum absolute atomic E-state index is 0.438. The molecule has 58 heavy (non-hydrogen) atoms. The van der Waals surface area contributed by atoms with Gasteiger partial charge in [0.2, 0.25) is 0 Å². The van der Waals surface area contributed by atoms with Crippen molar-refractivity contribution in [2.75, 3.05) is 0 Å². The molecule has 0 radical (unpaired) electrons. The Morgan fingerprint density at radius 1 is 0.517 bits per heavy atom. The van der Waals surface area contributed by atoms with Gasteiger partial charge in [-0.05, 0) is 69.1 Å². The molecule has 4 heteroatoms. The highest BCUT2D eigenvalue weighted by Gasteiger charge is 2.23. The summed E-state index contributed by atoms with van der Waals surface area (Å²) >= 11 is 0. The van der Waals surface area contributed by atoms with Crippen molar-refractivity contribution in [2.45, 2.75) is 12.6 Å². The van der Waals surface area contributed by atoms with Crippen LogP contribution in [-0.2, 0) is 6.42 Å². The number of allylic oxidation sites excluding steroid dienone is 1. The average Bonchev–Trinajstić information content (AvgIpc) is 3.70. The molecule has 0 fully saturated rings. The van der Waals surface area contributed by atoms with E-state index in [0.717, 1.165) is 79.0 Å². The Morgan fingerprint density at radius 2 is 1.09 bits per heavy atom. The van der Waals surface area contributed by atoms with Gasteiger partial charge in [0.05, 0.1) is 0 Å². The van der Waals surface area contributed by atoms with Crippen molar-refractivity contribution in [3.05, 3.63) is 246 Å². The van der Waals surface area contributed by atoms with E-state index in [1.807, 2.05) is 42.5 Å². The lowest BCUT2D eigenvalue weighted by Crippen LogP contribution is -2.35. The number of furan rings is 1. The monoisotopic (exact) mass is 745 g/mol. The first-order valence-corrected chi connectivity index (χ1v) is 19.7. The highest BCUT2D eigenvalue weighted by molar-refractivity contribution is 6.16. The molecule has 4 nitrogen and oxygen atoms in total. The molecule has 8 aromatic carbocycles. The third-order valence-electron chi connectivity index (χ3n) is 10.8. The van der Waals surface area contributed by atoms with E-state index in [-0.39, 0.29) is 0 Å². The molecule has 10 rings (SSSR count). The lowest BCUT2D eigenvalue weighted by atomic mass is 9.89. The highest BCUT2D eigenvalue weighted by atomic mass is 16.3. The van der Waals surface area contributed by atoms with Crippen LogP contribution in [0.15, 0.2) is 227 Å². The number of rotatable bonds is 9. The van der Waals surface area contributed by atoms with E-state index in [1.165, 1.54) is 22.3 Å². The zero-order valence-electron chi connectivity index (χ0n) is 31.8. The van der Waals surface area contributed by atoms with Crippen LogP contribution in [0.3, 0.4) is 0 Å². The molecular weight excluding hydrogens is 707 g/mol. The topological polar surface area (TPSA) is 49.9 Å². The largest absolute Gasteiger partial charge is 0.455 e. The van der Waals surface area contributed by atoms with Gasteiger partial charge in [-0.2, -0.15) is 0 Å². The molecule has 0 aliphatic carbocycles. The van der Waals surface area contributed by atoms with Gasteiger partial charge in [0.15, 0.2) is 6.17 Å². The quantitative estimate of drug-likeness (QED) is 0.160. The Kier molecular flexibility index (Phi) is 9.34. The second-order valence-corrected chi connectivity index (χ2v) is 14.5. The van der Waals surface area contributed by atoms with E-state index in [9.17, 15) is 0 Å². The molecule has 0 saturated carbocycles. The van der Waals surface area contributed by atoms with E-state index in [4.69, 9.17) is 14.4 Å². The lowest BCUT2D eigenvalue weighted by molar-refractivity contribution is 0.670. The van der Waals surface area contributed by atoms with Gasteiger partial charge < -0.3 is 9.73 Å². The number of nitrogens with zero attached hydrogens (tertiary/aromatic N) is 2. The number of hydrogen-bond donors (Lipinski definition) is 1. The van der Waals surface area contributed by atoms with Crippen LogP contribution in [0.4, 0.5) is 0 Å². The third kappa shape index (κ3) is 6.93. The fourth-order valence-corrected chi connectivity index (χ4v) is 7.92. The van der Waals surface area contributed by atoms with Crippen LogP contribution in [0.25, 0.3) is 49.8 Å². The van der Waals surface area contributed by atoms with Crippen molar-refractivity contribution in [1.82, 2.24) is 5.32 Å². The molecule has 0 saturated heterocycles. The van der Waals surface area contributed by atoms with E-state index in [1.54, 1.807) is 0 Å². The van der Waals surface area contributed by atoms with Crippen molar-refractivity contribution >= 4 is 39.2 Å². The van der Waals surface area contributed by atoms with E-state index < -0.39 is 6.17 Å². The Bertz CT molecular complexity index is 2910. The first-order valence-electron chi connectivity index (χ1n) is 19.7. The summed E-state index contributed by atoms with van der Waals surface area (Å²) in [5.41, 5.74) is 14.0. The summed E-state index contributed by atoms with van der Waals surface area (Å²) in [4.78, 5) is 10.3. The number of fused-ring (bicyclic) bond motifs is 3. The first kappa shape index (κ1) is 34.9. The number of para-hydroxylation sites is 1. The molecular formula is C54H39N3O. The predicted octanol–water partition coefficient (Wildman–Crippen LogP) is 13.1. The molecule has 1 aliphatic rings. The summed E-state index contributed by atoms with van der Waals surface area (Å²) < 4.78 is 6.83. The van der Waals surface area contributed by atoms with Crippen LogP contribution in [-0.4, -0.2) is 11.7 Å². The minimum Gasteiger partial charge on any atom is -0.455 e. The van der Waals surface area contributed by atoms with Gasteiger partial charge in [0.25, 0.3) is 0 Å². The molecule has 0 spiro atoms. The SMILES string of the molecule is C(/Cc1ccc(-c2ccccc2)cc1)=C(/c1ccccc1)c1ccc(-c2cccc(C3N=C(c4ccccc4)NC(c4ccccc4)=N3)c2)c2oc3ccccc3c12. The van der Waals surface area contributed by atoms with Crippen LogP contribution >= 0.6 is 0 Å². The molecule has 2 heterocycles. The average molecular weight is 746 g/mol. The summed E-state index contributed by atoms with van der Waals surface area (Å²) in [6.45, 7) is 0. The Hall–Kier alpha value is -7.56. The minimum atomic E-state index is -0.438.